The van der Waals surface area contributed by atoms with E-state index in [0.717, 1.165) is 34.2 Å². The lowest BCUT2D eigenvalue weighted by atomic mass is 10.1. The summed E-state index contributed by atoms with van der Waals surface area (Å²) in [5, 5.41) is 7.46. The lowest BCUT2D eigenvalue weighted by Crippen LogP contribution is -2.37. The lowest BCUT2D eigenvalue weighted by molar-refractivity contribution is 0.412. The molecule has 2 aromatic carbocycles. The average Bonchev–Trinajstić information content (AvgIpc) is 3.24. The highest BCUT2D eigenvalue weighted by atomic mass is 127. The van der Waals surface area contributed by atoms with E-state index in [1.807, 2.05) is 42.6 Å². The predicted molar refractivity (Wildman–Crippen MR) is 143 cm³/mol. The van der Waals surface area contributed by atoms with Crippen LogP contribution in [0.15, 0.2) is 72.0 Å². The van der Waals surface area contributed by atoms with E-state index >= 15 is 0 Å². The monoisotopic (exact) mass is 575 g/mol. The van der Waals surface area contributed by atoms with Gasteiger partial charge in [-0.3, -0.25) is 4.99 Å². The van der Waals surface area contributed by atoms with Gasteiger partial charge in [0.2, 0.25) is 5.88 Å². The summed E-state index contributed by atoms with van der Waals surface area (Å²) in [7, 11) is 3.35. The van der Waals surface area contributed by atoms with Crippen molar-refractivity contribution in [3.05, 3.63) is 83.9 Å². The van der Waals surface area contributed by atoms with Gasteiger partial charge in [0.05, 0.1) is 7.11 Å². The highest BCUT2D eigenvalue weighted by molar-refractivity contribution is 14.0. The van der Waals surface area contributed by atoms with Gasteiger partial charge in [0, 0.05) is 49.5 Å². The molecule has 0 aliphatic carbocycles. The molecule has 4 rings (SSSR count). The molecule has 0 atom stereocenters. The largest absolute Gasteiger partial charge is 0.497 e. The Bertz CT molecular complexity index is 1230. The van der Waals surface area contributed by atoms with Gasteiger partial charge in [0.25, 0.3) is 0 Å². The number of benzene rings is 2. The minimum absolute atomic E-state index is 0. The molecule has 0 bridgehead atoms. The number of aromatic amines is 1. The normalized spacial score (nSPS) is 11.1. The van der Waals surface area contributed by atoms with E-state index in [1.54, 1.807) is 32.5 Å². The molecule has 0 aliphatic heterocycles. The highest BCUT2D eigenvalue weighted by Gasteiger charge is 2.06. The van der Waals surface area contributed by atoms with Gasteiger partial charge < -0.3 is 25.1 Å². The Hall–Kier alpha value is -3.34. The number of aliphatic imine (C=N–C) groups is 1. The molecule has 4 aromatic rings. The van der Waals surface area contributed by atoms with E-state index in [0.29, 0.717) is 30.7 Å². The number of nitrogens with one attached hydrogen (secondary N) is 3. The molecular weight excluding hydrogens is 548 g/mol. The van der Waals surface area contributed by atoms with Gasteiger partial charge in [-0.05, 0) is 60.0 Å². The van der Waals surface area contributed by atoms with E-state index in [2.05, 4.69) is 25.6 Å². The van der Waals surface area contributed by atoms with Gasteiger partial charge in [-0.2, -0.15) is 0 Å². The van der Waals surface area contributed by atoms with E-state index in [1.165, 1.54) is 6.07 Å². The first-order valence-corrected chi connectivity index (χ1v) is 10.6. The predicted octanol–water partition coefficient (Wildman–Crippen LogP) is 5.03. The number of halogens is 2. The number of rotatable bonds is 8. The quantitative estimate of drug-likeness (QED) is 0.156. The maximum Gasteiger partial charge on any atom is 0.219 e. The van der Waals surface area contributed by atoms with Crippen LogP contribution in [0, 0.1) is 5.82 Å². The minimum atomic E-state index is -0.234. The average molecular weight is 575 g/mol. The second-order valence-electron chi connectivity index (χ2n) is 7.39. The second-order valence-corrected chi connectivity index (χ2v) is 7.39. The lowest BCUT2D eigenvalue weighted by Gasteiger charge is -2.12. The highest BCUT2D eigenvalue weighted by Crippen LogP contribution is 2.22. The Morgan fingerprint density at radius 2 is 1.85 bits per heavy atom. The summed E-state index contributed by atoms with van der Waals surface area (Å²) in [6, 6.07) is 15.9. The van der Waals surface area contributed by atoms with Crippen molar-refractivity contribution in [1.29, 1.82) is 0 Å². The van der Waals surface area contributed by atoms with Crippen LogP contribution in [0.2, 0.25) is 0 Å². The Labute approximate surface area is 214 Å². The fourth-order valence-electron chi connectivity index (χ4n) is 3.42. The molecular formula is C25H27FIN5O2. The van der Waals surface area contributed by atoms with Crippen LogP contribution in [0.3, 0.4) is 0 Å². The molecule has 0 radical (unpaired) electrons. The number of aromatic nitrogens is 2. The third kappa shape index (κ3) is 6.60. The summed E-state index contributed by atoms with van der Waals surface area (Å²) in [4.78, 5) is 11.8. The van der Waals surface area contributed by atoms with Gasteiger partial charge in [0.1, 0.15) is 17.3 Å². The van der Waals surface area contributed by atoms with Crippen molar-refractivity contribution in [3.8, 4) is 17.4 Å². The molecule has 0 fully saturated rings. The van der Waals surface area contributed by atoms with Gasteiger partial charge in [0.15, 0.2) is 5.96 Å². The summed E-state index contributed by atoms with van der Waals surface area (Å²) in [6.07, 6.45) is 4.42. The van der Waals surface area contributed by atoms with Crippen LogP contribution in [-0.4, -0.2) is 36.6 Å². The number of fused-ring (bicyclic) bond motifs is 1. The molecule has 7 nitrogen and oxygen atoms in total. The first-order chi connectivity index (χ1) is 16.1. The van der Waals surface area contributed by atoms with Crippen molar-refractivity contribution in [2.24, 2.45) is 4.99 Å². The van der Waals surface area contributed by atoms with E-state index in [4.69, 9.17) is 9.47 Å². The Morgan fingerprint density at radius 3 is 2.56 bits per heavy atom. The smallest absolute Gasteiger partial charge is 0.219 e. The molecule has 9 heteroatoms. The molecule has 2 heterocycles. The van der Waals surface area contributed by atoms with Crippen LogP contribution in [-0.2, 0) is 13.0 Å². The summed E-state index contributed by atoms with van der Waals surface area (Å²) in [5.41, 5.74) is 2.98. The van der Waals surface area contributed by atoms with Crippen LogP contribution in [0.5, 0.6) is 17.4 Å². The number of hydrogen-bond acceptors (Lipinski definition) is 4. The molecule has 0 spiro atoms. The van der Waals surface area contributed by atoms with Crippen molar-refractivity contribution >= 4 is 40.8 Å². The fraction of sp³-hybridized carbons (Fsp3) is 0.200. The van der Waals surface area contributed by atoms with E-state index in [9.17, 15) is 4.39 Å². The number of guanidine groups is 1. The van der Waals surface area contributed by atoms with Crippen LogP contribution in [0.1, 0.15) is 11.1 Å². The number of H-pyrrole nitrogens is 1. The second kappa shape index (κ2) is 12.2. The van der Waals surface area contributed by atoms with Gasteiger partial charge in [-0.25, -0.2) is 9.37 Å². The maximum absolute atomic E-state index is 13.5. The van der Waals surface area contributed by atoms with E-state index in [-0.39, 0.29) is 29.8 Å². The number of pyridine rings is 1. The zero-order valence-corrected chi connectivity index (χ0v) is 21.3. The minimum Gasteiger partial charge on any atom is -0.497 e. The number of methoxy groups -OCH3 is 1. The van der Waals surface area contributed by atoms with Crippen LogP contribution >= 0.6 is 24.0 Å². The molecule has 2 aromatic heterocycles. The number of hydrogen-bond donors (Lipinski definition) is 3. The molecule has 0 aliphatic rings. The van der Waals surface area contributed by atoms with Gasteiger partial charge in [-0.15, -0.1) is 24.0 Å². The molecule has 178 valence electrons. The van der Waals surface area contributed by atoms with Gasteiger partial charge >= 0.3 is 0 Å². The Balaban J connectivity index is 0.00000324. The molecule has 3 N–H and O–H groups in total. The molecule has 0 saturated heterocycles. The van der Waals surface area contributed by atoms with Crippen molar-refractivity contribution < 1.29 is 13.9 Å². The standard InChI is InChI=1S/C25H26FN5O2.HI/c1-27-25(28-12-11-18-16-29-23-9-4-19(26)13-22(18)23)31-15-17-3-10-24(30-14-17)33-21-7-5-20(32-2)6-8-21;/h3-10,13-14,16,29H,11-12,15H2,1-2H3,(H2,27,28,31);1H. The maximum atomic E-state index is 13.5. The van der Waals surface area contributed by atoms with Crippen molar-refractivity contribution in [1.82, 2.24) is 20.6 Å². The van der Waals surface area contributed by atoms with E-state index < -0.39 is 0 Å². The Morgan fingerprint density at radius 1 is 1.06 bits per heavy atom. The Kier molecular flexibility index (Phi) is 9.08. The van der Waals surface area contributed by atoms with Crippen molar-refractivity contribution in [3.63, 3.8) is 0 Å². The molecule has 34 heavy (non-hydrogen) atoms. The molecule has 0 saturated carbocycles. The first-order valence-electron chi connectivity index (χ1n) is 10.6. The zero-order valence-electron chi connectivity index (χ0n) is 19.0. The third-order valence-electron chi connectivity index (χ3n) is 5.18. The summed E-state index contributed by atoms with van der Waals surface area (Å²) in [5.74, 6) is 2.43. The van der Waals surface area contributed by atoms with Crippen LogP contribution in [0.25, 0.3) is 10.9 Å². The van der Waals surface area contributed by atoms with Crippen molar-refractivity contribution in [2.45, 2.75) is 13.0 Å². The van der Waals surface area contributed by atoms with Crippen molar-refractivity contribution in [2.75, 3.05) is 20.7 Å². The first kappa shape index (κ1) is 25.3. The summed E-state index contributed by atoms with van der Waals surface area (Å²) in [6.45, 7) is 1.23. The van der Waals surface area contributed by atoms with Crippen LogP contribution in [0.4, 0.5) is 4.39 Å². The zero-order chi connectivity index (χ0) is 23.0. The molecule has 0 amide bonds. The fourth-order valence-corrected chi connectivity index (χ4v) is 3.42. The third-order valence-corrected chi connectivity index (χ3v) is 5.18. The van der Waals surface area contributed by atoms with Gasteiger partial charge in [-0.1, -0.05) is 6.07 Å². The number of ether oxygens (including phenoxy) is 2. The SMILES string of the molecule is CN=C(NCCc1c[nH]c2ccc(F)cc12)NCc1ccc(Oc2ccc(OC)cc2)nc1.I. The summed E-state index contributed by atoms with van der Waals surface area (Å²) >= 11 is 0. The molecule has 0 unspecified atom stereocenters. The summed E-state index contributed by atoms with van der Waals surface area (Å²) < 4.78 is 24.5. The number of nitrogens with zero attached hydrogens (tertiary/aromatic N) is 2. The topological polar surface area (TPSA) is 83.6 Å². The van der Waals surface area contributed by atoms with Crippen LogP contribution < -0.4 is 20.1 Å².